The molecule has 1 aromatic rings. The number of anilines is 2. The van der Waals surface area contributed by atoms with Gasteiger partial charge in [-0.1, -0.05) is 6.07 Å². The van der Waals surface area contributed by atoms with Crippen molar-refractivity contribution in [1.29, 1.82) is 0 Å². The quantitative estimate of drug-likeness (QED) is 0.433. The van der Waals surface area contributed by atoms with Gasteiger partial charge in [0.2, 0.25) is 0 Å². The highest BCUT2D eigenvalue weighted by Crippen LogP contribution is 2.41. The van der Waals surface area contributed by atoms with Crippen molar-refractivity contribution in [2.75, 3.05) is 30.6 Å². The van der Waals surface area contributed by atoms with Gasteiger partial charge >= 0.3 is 5.69 Å². The first-order valence-electron chi connectivity index (χ1n) is 7.09. The average Bonchev–Trinajstić information content (AvgIpc) is 3.31. The lowest BCUT2D eigenvalue weighted by Crippen LogP contribution is -2.37. The number of hydrazine groups is 1. The van der Waals surface area contributed by atoms with E-state index in [0.29, 0.717) is 30.4 Å². The average molecular weight is 294 g/mol. The molecule has 7 nitrogen and oxygen atoms in total. The van der Waals surface area contributed by atoms with Gasteiger partial charge in [-0.05, 0) is 37.8 Å². The number of nitrogen functional groups attached to an aromatic ring is 1. The molecule has 0 saturated heterocycles. The Kier molecular flexibility index (Phi) is 4.98. The van der Waals surface area contributed by atoms with Crippen LogP contribution in [0.1, 0.15) is 19.8 Å². The molecular formula is C14H22N4O3. The van der Waals surface area contributed by atoms with Crippen LogP contribution < -0.4 is 16.2 Å². The first kappa shape index (κ1) is 15.5. The summed E-state index contributed by atoms with van der Waals surface area (Å²) in [6, 6.07) is 5.40. The summed E-state index contributed by atoms with van der Waals surface area (Å²) in [6.07, 6.45) is 2.35. The van der Waals surface area contributed by atoms with Crippen molar-refractivity contribution in [2.24, 2.45) is 11.8 Å². The Bertz CT molecular complexity index is 505. The minimum absolute atomic E-state index is 0.0172. The normalized spacial score (nSPS) is 15.6. The third-order valence-electron chi connectivity index (χ3n) is 3.99. The van der Waals surface area contributed by atoms with Gasteiger partial charge in [0.1, 0.15) is 11.4 Å². The Morgan fingerprint density at radius 1 is 1.57 bits per heavy atom. The maximum atomic E-state index is 11.4. The molecule has 1 aliphatic rings. The van der Waals surface area contributed by atoms with Gasteiger partial charge in [0.25, 0.3) is 0 Å². The highest BCUT2D eigenvalue weighted by Gasteiger charge is 2.35. The van der Waals surface area contributed by atoms with E-state index in [2.05, 4.69) is 17.2 Å². The van der Waals surface area contributed by atoms with E-state index in [1.807, 2.05) is 0 Å². The number of hydrogen-bond acceptors (Lipinski definition) is 6. The molecule has 21 heavy (non-hydrogen) atoms. The van der Waals surface area contributed by atoms with E-state index in [-0.39, 0.29) is 16.7 Å². The monoisotopic (exact) mass is 294 g/mol. The topological polar surface area (TPSA) is 93.7 Å². The number of nitro groups is 1. The number of nitrogens with zero attached hydrogens (tertiary/aromatic N) is 2. The molecular weight excluding hydrogens is 272 g/mol. The zero-order chi connectivity index (χ0) is 15.4. The van der Waals surface area contributed by atoms with Crippen molar-refractivity contribution >= 4 is 17.1 Å². The maximum absolute atomic E-state index is 11.4. The fourth-order valence-electron chi connectivity index (χ4n) is 2.64. The molecule has 1 unspecified atom stereocenters. The van der Waals surface area contributed by atoms with Crippen molar-refractivity contribution < 1.29 is 9.66 Å². The number of benzene rings is 1. The molecule has 1 aromatic carbocycles. The molecule has 116 valence electrons. The van der Waals surface area contributed by atoms with Crippen LogP contribution in [0.2, 0.25) is 0 Å². The van der Waals surface area contributed by atoms with Crippen LogP contribution in [0, 0.1) is 16.0 Å². The molecule has 0 aromatic heterocycles. The van der Waals surface area contributed by atoms with Crippen LogP contribution in [0.4, 0.5) is 17.1 Å². The van der Waals surface area contributed by atoms with Crippen LogP contribution in [-0.2, 0) is 4.74 Å². The Balaban J connectivity index is 2.40. The molecule has 1 aliphatic carbocycles. The van der Waals surface area contributed by atoms with Gasteiger partial charge in [-0.15, -0.1) is 0 Å². The van der Waals surface area contributed by atoms with E-state index in [4.69, 9.17) is 10.6 Å². The zero-order valence-corrected chi connectivity index (χ0v) is 12.4. The van der Waals surface area contributed by atoms with Crippen LogP contribution >= 0.6 is 0 Å². The summed E-state index contributed by atoms with van der Waals surface area (Å²) in [6.45, 7) is 3.25. The van der Waals surface area contributed by atoms with Crippen LogP contribution in [-0.4, -0.2) is 31.2 Å². The second-order valence-electron chi connectivity index (χ2n) is 5.34. The van der Waals surface area contributed by atoms with Gasteiger partial charge in [0.05, 0.1) is 11.5 Å². The van der Waals surface area contributed by atoms with Crippen molar-refractivity contribution in [2.45, 2.75) is 25.8 Å². The van der Waals surface area contributed by atoms with Gasteiger partial charge in [0.15, 0.2) is 0 Å². The summed E-state index contributed by atoms with van der Waals surface area (Å²) in [7, 11) is 1.63. The molecule has 1 atom stereocenters. The minimum atomic E-state index is -0.385. The number of para-hydroxylation sites is 1. The van der Waals surface area contributed by atoms with Gasteiger partial charge in [-0.2, -0.15) is 0 Å². The molecule has 2 rings (SSSR count). The summed E-state index contributed by atoms with van der Waals surface area (Å²) < 4.78 is 5.15. The molecule has 0 radical (unpaired) electrons. The van der Waals surface area contributed by atoms with Crippen LogP contribution in [0.3, 0.4) is 0 Å². The molecule has 0 aliphatic heterocycles. The first-order chi connectivity index (χ1) is 10.1. The lowest BCUT2D eigenvalue weighted by atomic mass is 10.1. The van der Waals surface area contributed by atoms with Gasteiger partial charge in [0, 0.05) is 19.7 Å². The molecule has 0 spiro atoms. The van der Waals surface area contributed by atoms with Crippen LogP contribution in [0.25, 0.3) is 0 Å². The standard InChI is InChI=1S/C14H22N4O3/c1-10(11-6-7-11)17(8-9-21-2)13-5-3-4-12(16-15)14(13)18(19)20/h3-5,10-11,16H,6-9,15H2,1-2H3. The van der Waals surface area contributed by atoms with Crippen molar-refractivity contribution in [1.82, 2.24) is 0 Å². The number of nitro benzene ring substituents is 1. The molecule has 3 N–H and O–H groups in total. The summed E-state index contributed by atoms with van der Waals surface area (Å²) in [4.78, 5) is 13.1. The number of ether oxygens (including phenoxy) is 1. The van der Waals surface area contributed by atoms with Crippen LogP contribution in [0.15, 0.2) is 18.2 Å². The second-order valence-corrected chi connectivity index (χ2v) is 5.34. The smallest absolute Gasteiger partial charge is 0.316 e. The fourth-order valence-corrected chi connectivity index (χ4v) is 2.64. The largest absolute Gasteiger partial charge is 0.383 e. The highest BCUT2D eigenvalue weighted by molar-refractivity contribution is 5.77. The van der Waals surface area contributed by atoms with Crippen molar-refractivity contribution in [3.63, 3.8) is 0 Å². The van der Waals surface area contributed by atoms with E-state index in [0.717, 1.165) is 0 Å². The summed E-state index contributed by atoms with van der Waals surface area (Å²) in [5, 5.41) is 11.4. The second kappa shape index (κ2) is 6.73. The van der Waals surface area contributed by atoms with Crippen LogP contribution in [0.5, 0.6) is 0 Å². The molecule has 0 amide bonds. The zero-order valence-electron chi connectivity index (χ0n) is 12.4. The van der Waals surface area contributed by atoms with Gasteiger partial charge < -0.3 is 15.1 Å². The van der Waals surface area contributed by atoms with Gasteiger partial charge in [-0.25, -0.2) is 0 Å². The van der Waals surface area contributed by atoms with E-state index >= 15 is 0 Å². The first-order valence-corrected chi connectivity index (χ1v) is 7.09. The number of methoxy groups -OCH3 is 1. The van der Waals surface area contributed by atoms with E-state index in [1.165, 1.54) is 12.8 Å². The lowest BCUT2D eigenvalue weighted by molar-refractivity contribution is -0.383. The fraction of sp³-hybridized carbons (Fsp3) is 0.571. The molecule has 1 saturated carbocycles. The van der Waals surface area contributed by atoms with E-state index < -0.39 is 0 Å². The Labute approximate surface area is 124 Å². The Morgan fingerprint density at radius 3 is 2.81 bits per heavy atom. The molecule has 1 fully saturated rings. The van der Waals surface area contributed by atoms with Gasteiger partial charge in [-0.3, -0.25) is 16.0 Å². The number of hydrogen-bond donors (Lipinski definition) is 2. The van der Waals surface area contributed by atoms with Crippen molar-refractivity contribution in [3.05, 3.63) is 28.3 Å². The third kappa shape index (κ3) is 3.43. The summed E-state index contributed by atoms with van der Waals surface area (Å²) >= 11 is 0. The number of rotatable bonds is 8. The van der Waals surface area contributed by atoms with Crippen molar-refractivity contribution in [3.8, 4) is 0 Å². The predicted molar refractivity (Wildman–Crippen MR) is 82.3 cm³/mol. The summed E-state index contributed by atoms with van der Waals surface area (Å²) in [5.41, 5.74) is 3.34. The van der Waals surface area contributed by atoms with E-state index in [9.17, 15) is 10.1 Å². The Morgan fingerprint density at radius 2 is 2.29 bits per heavy atom. The molecule has 0 heterocycles. The lowest BCUT2D eigenvalue weighted by Gasteiger charge is -2.31. The minimum Gasteiger partial charge on any atom is -0.383 e. The number of nitrogens with one attached hydrogen (secondary N) is 1. The maximum Gasteiger partial charge on any atom is 0.316 e. The molecule has 0 bridgehead atoms. The Hall–Kier alpha value is -1.86. The predicted octanol–water partition coefficient (Wildman–Crippen LogP) is 2.13. The molecule has 7 heteroatoms. The van der Waals surface area contributed by atoms with E-state index in [1.54, 1.807) is 25.3 Å². The summed E-state index contributed by atoms with van der Waals surface area (Å²) in [5.74, 6) is 6.00. The SMILES string of the molecule is COCCN(c1cccc(NN)c1[N+](=O)[O-])C(C)C1CC1. The highest BCUT2D eigenvalue weighted by atomic mass is 16.6. The number of nitrogens with two attached hydrogens (primary N) is 1. The third-order valence-corrected chi connectivity index (χ3v) is 3.99.